The van der Waals surface area contributed by atoms with Gasteiger partial charge in [-0.2, -0.15) is 0 Å². The standard InChI is InChI=1S/C21H32O2S/c1-15-18(24(22,23)19(2,3)4)21-14-10-6-9-13-20(15,21)16-11-7-5-8-12-17(16)21/h5-14H2,1-4H3. The summed E-state index contributed by atoms with van der Waals surface area (Å²) in [6.45, 7) is 7.77. The maximum absolute atomic E-state index is 13.5. The van der Waals surface area contributed by atoms with E-state index in [1.165, 1.54) is 56.9 Å². The first-order chi connectivity index (χ1) is 11.2. The van der Waals surface area contributed by atoms with E-state index in [2.05, 4.69) is 6.92 Å². The maximum Gasteiger partial charge on any atom is 0.180 e. The van der Waals surface area contributed by atoms with Crippen molar-refractivity contribution in [3.8, 4) is 0 Å². The van der Waals surface area contributed by atoms with Crippen molar-refractivity contribution >= 4 is 9.84 Å². The predicted molar refractivity (Wildman–Crippen MR) is 99.4 cm³/mol. The van der Waals surface area contributed by atoms with E-state index in [0.29, 0.717) is 0 Å². The highest BCUT2D eigenvalue weighted by Gasteiger charge is 2.75. The second kappa shape index (κ2) is 4.99. The van der Waals surface area contributed by atoms with Crippen LogP contribution in [0.5, 0.6) is 0 Å². The summed E-state index contributed by atoms with van der Waals surface area (Å²) in [5.41, 5.74) is 4.50. The lowest BCUT2D eigenvalue weighted by atomic mass is 9.35. The molecule has 0 aromatic heterocycles. The third-order valence-corrected chi connectivity index (χ3v) is 10.3. The van der Waals surface area contributed by atoms with Crippen molar-refractivity contribution in [2.45, 2.75) is 96.7 Å². The van der Waals surface area contributed by atoms with Gasteiger partial charge >= 0.3 is 0 Å². The number of allylic oxidation sites excluding steroid dienone is 4. The molecule has 4 aliphatic rings. The van der Waals surface area contributed by atoms with Gasteiger partial charge in [0.05, 0.1) is 9.65 Å². The Hall–Kier alpha value is -0.570. The molecule has 0 radical (unpaired) electrons. The highest BCUT2D eigenvalue weighted by atomic mass is 32.2. The van der Waals surface area contributed by atoms with Gasteiger partial charge < -0.3 is 0 Å². The van der Waals surface area contributed by atoms with Crippen molar-refractivity contribution in [1.29, 1.82) is 0 Å². The van der Waals surface area contributed by atoms with E-state index in [1.54, 1.807) is 11.1 Å². The predicted octanol–water partition coefficient (Wildman–Crippen LogP) is 5.70. The molecule has 1 saturated carbocycles. The van der Waals surface area contributed by atoms with Crippen molar-refractivity contribution < 1.29 is 8.42 Å². The fourth-order valence-corrected chi connectivity index (χ4v) is 8.58. The zero-order chi connectivity index (χ0) is 17.4. The molecule has 4 aliphatic carbocycles. The van der Waals surface area contributed by atoms with Gasteiger partial charge in [-0.15, -0.1) is 0 Å². The molecule has 2 atom stereocenters. The van der Waals surface area contributed by atoms with Gasteiger partial charge in [0.15, 0.2) is 9.84 Å². The van der Waals surface area contributed by atoms with Crippen molar-refractivity contribution in [3.63, 3.8) is 0 Å². The lowest BCUT2D eigenvalue weighted by molar-refractivity contribution is 0.0779. The van der Waals surface area contributed by atoms with Gasteiger partial charge in [0, 0.05) is 10.8 Å². The zero-order valence-electron chi connectivity index (χ0n) is 15.8. The fourth-order valence-electron chi connectivity index (χ4n) is 6.53. The third kappa shape index (κ3) is 1.66. The van der Waals surface area contributed by atoms with Crippen LogP contribution in [0, 0.1) is 10.8 Å². The first-order valence-corrected chi connectivity index (χ1v) is 11.4. The van der Waals surface area contributed by atoms with Crippen LogP contribution in [0.4, 0.5) is 0 Å². The lowest BCUT2D eigenvalue weighted by Gasteiger charge is -2.71. The zero-order valence-corrected chi connectivity index (χ0v) is 16.6. The molecule has 24 heavy (non-hydrogen) atoms. The van der Waals surface area contributed by atoms with E-state index in [4.69, 9.17) is 0 Å². The molecule has 134 valence electrons. The third-order valence-electron chi connectivity index (χ3n) is 7.52. The molecule has 2 unspecified atom stereocenters. The van der Waals surface area contributed by atoms with Crippen molar-refractivity contribution in [2.75, 3.05) is 0 Å². The molecule has 0 aromatic rings. The monoisotopic (exact) mass is 348 g/mol. The Morgan fingerprint density at radius 3 is 1.88 bits per heavy atom. The summed E-state index contributed by atoms with van der Waals surface area (Å²) in [6, 6.07) is 0. The molecule has 1 fully saturated rings. The molecule has 0 bridgehead atoms. The van der Waals surface area contributed by atoms with E-state index in [-0.39, 0.29) is 10.8 Å². The molecule has 0 saturated heterocycles. The van der Waals surface area contributed by atoms with Gasteiger partial charge in [-0.1, -0.05) is 36.8 Å². The fraction of sp³-hybridized carbons (Fsp3) is 0.810. The summed E-state index contributed by atoms with van der Waals surface area (Å²) >= 11 is 0. The van der Waals surface area contributed by atoms with Gasteiger partial charge in [0.2, 0.25) is 0 Å². The van der Waals surface area contributed by atoms with Crippen molar-refractivity contribution in [3.05, 3.63) is 21.6 Å². The molecule has 0 amide bonds. The Kier molecular flexibility index (Phi) is 3.51. The van der Waals surface area contributed by atoms with Crippen LogP contribution in [-0.2, 0) is 9.84 Å². The maximum atomic E-state index is 13.5. The first-order valence-electron chi connectivity index (χ1n) is 9.91. The Morgan fingerprint density at radius 1 is 0.792 bits per heavy atom. The van der Waals surface area contributed by atoms with Gasteiger partial charge in [-0.3, -0.25) is 0 Å². The Morgan fingerprint density at radius 2 is 1.29 bits per heavy atom. The highest BCUT2D eigenvalue weighted by Crippen LogP contribution is 2.82. The van der Waals surface area contributed by atoms with Crippen LogP contribution in [0.25, 0.3) is 0 Å². The molecule has 4 rings (SSSR count). The van der Waals surface area contributed by atoms with Gasteiger partial charge in [-0.05, 0) is 71.8 Å². The second-order valence-corrected chi connectivity index (χ2v) is 12.1. The minimum absolute atomic E-state index is 0.0978. The van der Waals surface area contributed by atoms with Crippen LogP contribution in [-0.4, -0.2) is 13.2 Å². The molecule has 0 aromatic carbocycles. The highest BCUT2D eigenvalue weighted by molar-refractivity contribution is 7.96. The molecule has 0 spiro atoms. The lowest BCUT2D eigenvalue weighted by Crippen LogP contribution is -2.64. The Labute approximate surface area is 147 Å². The largest absolute Gasteiger partial charge is 0.223 e. The summed E-state index contributed by atoms with van der Waals surface area (Å²) in [6.07, 6.45) is 12.2. The first kappa shape index (κ1) is 16.9. The van der Waals surface area contributed by atoms with Crippen LogP contribution < -0.4 is 0 Å². The van der Waals surface area contributed by atoms with Gasteiger partial charge in [0.25, 0.3) is 0 Å². The van der Waals surface area contributed by atoms with E-state index < -0.39 is 14.6 Å². The van der Waals surface area contributed by atoms with Crippen molar-refractivity contribution in [1.82, 2.24) is 0 Å². The molecular weight excluding hydrogens is 316 g/mol. The van der Waals surface area contributed by atoms with E-state index in [9.17, 15) is 8.42 Å². The molecule has 2 nitrogen and oxygen atoms in total. The quantitative estimate of drug-likeness (QED) is 0.570. The van der Waals surface area contributed by atoms with Crippen LogP contribution >= 0.6 is 0 Å². The van der Waals surface area contributed by atoms with Crippen LogP contribution in [0.15, 0.2) is 21.6 Å². The summed E-state index contributed by atoms with van der Waals surface area (Å²) < 4.78 is 26.2. The number of hydrogen-bond donors (Lipinski definition) is 0. The molecule has 0 heterocycles. The number of rotatable bonds is 1. The Balaban J connectivity index is 1.93. The van der Waals surface area contributed by atoms with E-state index >= 15 is 0 Å². The van der Waals surface area contributed by atoms with Gasteiger partial charge in [-0.25, -0.2) is 8.42 Å². The SMILES string of the molecule is CC1=C(S(=O)(=O)C(C)(C)C)C23CCCCCC12C1=C3CCCCC1. The van der Waals surface area contributed by atoms with Crippen LogP contribution in [0.3, 0.4) is 0 Å². The normalized spacial score (nSPS) is 36.7. The number of sulfone groups is 1. The van der Waals surface area contributed by atoms with Crippen LogP contribution in [0.1, 0.15) is 91.9 Å². The minimum atomic E-state index is -3.24. The second-order valence-electron chi connectivity index (χ2n) is 9.46. The average molecular weight is 349 g/mol. The smallest absolute Gasteiger partial charge is 0.180 e. The molecule has 0 aliphatic heterocycles. The number of hydrogen-bond acceptors (Lipinski definition) is 2. The molecule has 0 N–H and O–H groups in total. The van der Waals surface area contributed by atoms with E-state index in [1.807, 2.05) is 20.8 Å². The van der Waals surface area contributed by atoms with Crippen LogP contribution in [0.2, 0.25) is 0 Å². The summed E-state index contributed by atoms with van der Waals surface area (Å²) in [4.78, 5) is 0.852. The topological polar surface area (TPSA) is 34.1 Å². The summed E-state index contributed by atoms with van der Waals surface area (Å²) in [5, 5.41) is 0. The molecule has 3 heteroatoms. The molecular formula is C21H32O2S. The van der Waals surface area contributed by atoms with E-state index in [0.717, 1.165) is 17.7 Å². The van der Waals surface area contributed by atoms with Crippen molar-refractivity contribution in [2.24, 2.45) is 10.8 Å². The average Bonchev–Trinajstić information content (AvgIpc) is 2.76. The minimum Gasteiger partial charge on any atom is -0.223 e. The Bertz CT molecular complexity index is 747. The summed E-state index contributed by atoms with van der Waals surface area (Å²) in [5.74, 6) is 0. The summed E-state index contributed by atoms with van der Waals surface area (Å²) in [7, 11) is -3.24. The van der Waals surface area contributed by atoms with Gasteiger partial charge in [0.1, 0.15) is 0 Å².